The quantitative estimate of drug-likeness (QED) is 0.450. The number of aromatic nitrogens is 5. The van der Waals surface area contributed by atoms with Gasteiger partial charge in [0.2, 0.25) is 5.95 Å². The van der Waals surface area contributed by atoms with E-state index in [0.29, 0.717) is 10.8 Å². The molecular weight excluding hydrogens is 440 g/mol. The maximum Gasteiger partial charge on any atom is 0.263 e. The van der Waals surface area contributed by atoms with Crippen molar-refractivity contribution in [3.8, 4) is 5.69 Å². The lowest BCUT2D eigenvalue weighted by atomic mass is 10.1. The van der Waals surface area contributed by atoms with Crippen LogP contribution in [0.1, 0.15) is 22.5 Å². The number of ether oxygens (including phenoxy) is 1. The number of nitrogens with one attached hydrogen (secondary N) is 2. The third-order valence-corrected chi connectivity index (χ3v) is 6.46. The number of aryl methyl sites for hydroxylation is 1. The lowest BCUT2D eigenvalue weighted by molar-refractivity contribution is 0.0832. The van der Waals surface area contributed by atoms with Gasteiger partial charge in [0.1, 0.15) is 5.52 Å². The second-order valence-electron chi connectivity index (χ2n) is 8.24. The number of amides is 1. The van der Waals surface area contributed by atoms with Crippen LogP contribution < -0.4 is 10.6 Å². The summed E-state index contributed by atoms with van der Waals surface area (Å²) in [6.07, 6.45) is 7.59. The van der Waals surface area contributed by atoms with E-state index in [4.69, 9.17) is 14.7 Å². The highest BCUT2D eigenvalue weighted by atomic mass is 32.1. The summed E-state index contributed by atoms with van der Waals surface area (Å²) in [5, 5.41) is 13.1. The van der Waals surface area contributed by atoms with Crippen LogP contribution in [0.25, 0.3) is 16.7 Å². The van der Waals surface area contributed by atoms with E-state index in [1.165, 1.54) is 11.3 Å². The molecule has 0 aliphatic carbocycles. The predicted molar refractivity (Wildman–Crippen MR) is 129 cm³/mol. The van der Waals surface area contributed by atoms with Crippen LogP contribution in [0, 0.1) is 0 Å². The van der Waals surface area contributed by atoms with E-state index in [9.17, 15) is 4.79 Å². The molecule has 1 aliphatic rings. The van der Waals surface area contributed by atoms with Crippen molar-refractivity contribution in [1.82, 2.24) is 29.2 Å². The van der Waals surface area contributed by atoms with Crippen molar-refractivity contribution in [1.29, 1.82) is 0 Å². The summed E-state index contributed by atoms with van der Waals surface area (Å²) in [7, 11) is 5.38. The van der Waals surface area contributed by atoms with E-state index >= 15 is 0 Å². The van der Waals surface area contributed by atoms with Gasteiger partial charge in [0.25, 0.3) is 5.91 Å². The average molecular weight is 467 g/mol. The summed E-state index contributed by atoms with van der Waals surface area (Å²) in [5.74, 6) is 1.20. The summed E-state index contributed by atoms with van der Waals surface area (Å²) in [5.41, 5.74) is 3.43. The van der Waals surface area contributed by atoms with Crippen LogP contribution in [0.5, 0.6) is 0 Å². The minimum absolute atomic E-state index is 0.0279. The van der Waals surface area contributed by atoms with Crippen LogP contribution in [0.15, 0.2) is 36.1 Å². The van der Waals surface area contributed by atoms with Crippen LogP contribution in [0.2, 0.25) is 0 Å². The average Bonchev–Trinajstić information content (AvgIpc) is 3.53. The molecule has 4 aromatic rings. The number of nitrogens with zero attached hydrogens (tertiary/aromatic N) is 6. The number of hydrogen-bond acceptors (Lipinski definition) is 8. The third-order valence-electron chi connectivity index (χ3n) is 5.54. The number of fused-ring (bicyclic) bond motifs is 1. The number of carbonyl (C=O) groups excluding carboxylic acids is 1. The summed E-state index contributed by atoms with van der Waals surface area (Å²) >= 11 is 1.39. The van der Waals surface area contributed by atoms with Crippen molar-refractivity contribution in [2.45, 2.75) is 18.9 Å². The zero-order valence-corrected chi connectivity index (χ0v) is 19.6. The van der Waals surface area contributed by atoms with Crippen LogP contribution in [0.4, 0.5) is 17.5 Å². The van der Waals surface area contributed by atoms with E-state index < -0.39 is 0 Å². The summed E-state index contributed by atoms with van der Waals surface area (Å²) < 4.78 is 9.33. The molecule has 0 unspecified atom stereocenters. The second kappa shape index (κ2) is 8.83. The number of hydrogen-bond donors (Lipinski definition) is 2. The van der Waals surface area contributed by atoms with Gasteiger partial charge in [0.15, 0.2) is 5.82 Å². The van der Waals surface area contributed by atoms with E-state index in [-0.39, 0.29) is 11.9 Å². The first-order valence-corrected chi connectivity index (χ1v) is 11.7. The van der Waals surface area contributed by atoms with Gasteiger partial charge in [0.05, 0.1) is 28.0 Å². The highest BCUT2D eigenvalue weighted by Crippen LogP contribution is 2.30. The molecule has 172 valence electrons. The Morgan fingerprint density at radius 3 is 2.82 bits per heavy atom. The maximum atomic E-state index is 12.2. The fourth-order valence-corrected chi connectivity index (χ4v) is 4.71. The SMILES string of the molecule is CN(C)C(=O)c1cc(Nc2nc(NC3CCOCC3)c3c(ccn3-c3cnn(C)c3)n2)cs1. The molecule has 0 aromatic carbocycles. The lowest BCUT2D eigenvalue weighted by Gasteiger charge is -2.24. The smallest absolute Gasteiger partial charge is 0.263 e. The summed E-state index contributed by atoms with van der Waals surface area (Å²) in [6.45, 7) is 1.47. The number of carbonyl (C=O) groups is 1. The van der Waals surface area contributed by atoms with Gasteiger partial charge >= 0.3 is 0 Å². The molecule has 0 saturated carbocycles. The fourth-order valence-electron chi connectivity index (χ4n) is 3.85. The predicted octanol–water partition coefficient (Wildman–Crippen LogP) is 3.25. The highest BCUT2D eigenvalue weighted by molar-refractivity contribution is 7.12. The van der Waals surface area contributed by atoms with E-state index in [1.807, 2.05) is 47.7 Å². The molecule has 5 heterocycles. The molecular formula is C22H26N8O2S. The fraction of sp³-hybridized carbons (Fsp3) is 0.364. The molecule has 0 bridgehead atoms. The topological polar surface area (TPSA) is 102 Å². The molecule has 4 aromatic heterocycles. The molecule has 2 N–H and O–H groups in total. The molecule has 11 heteroatoms. The Morgan fingerprint density at radius 2 is 2.09 bits per heavy atom. The van der Waals surface area contributed by atoms with Crippen molar-refractivity contribution in [2.24, 2.45) is 7.05 Å². The van der Waals surface area contributed by atoms with Crippen molar-refractivity contribution in [3.63, 3.8) is 0 Å². The number of thiophene rings is 1. The zero-order chi connectivity index (χ0) is 22.9. The largest absolute Gasteiger partial charge is 0.381 e. The van der Waals surface area contributed by atoms with Crippen molar-refractivity contribution < 1.29 is 9.53 Å². The van der Waals surface area contributed by atoms with Crippen LogP contribution in [0.3, 0.4) is 0 Å². The first-order chi connectivity index (χ1) is 16.0. The van der Waals surface area contributed by atoms with Gasteiger partial charge in [-0.1, -0.05) is 0 Å². The zero-order valence-electron chi connectivity index (χ0n) is 18.8. The van der Waals surface area contributed by atoms with Crippen molar-refractivity contribution >= 4 is 45.7 Å². The second-order valence-corrected chi connectivity index (χ2v) is 9.15. The highest BCUT2D eigenvalue weighted by Gasteiger charge is 2.20. The molecule has 1 aliphatic heterocycles. The molecule has 10 nitrogen and oxygen atoms in total. The Labute approximate surface area is 195 Å². The Kier molecular flexibility index (Phi) is 5.73. The summed E-state index contributed by atoms with van der Waals surface area (Å²) in [6, 6.07) is 4.07. The standard InChI is InChI=1S/C22H26N8O2S/c1-28(2)21(31)18-10-15(13-33-18)25-22-26-17-4-7-30(16-11-23-29(3)12-16)19(17)20(27-22)24-14-5-8-32-9-6-14/h4,7,10-14H,5-6,8-9H2,1-3H3,(H2,24,25,26,27). The van der Waals surface area contributed by atoms with Crippen molar-refractivity contribution in [3.05, 3.63) is 41.0 Å². The van der Waals surface area contributed by atoms with E-state index in [1.54, 1.807) is 23.7 Å². The van der Waals surface area contributed by atoms with Crippen LogP contribution in [-0.4, -0.2) is 68.5 Å². The first kappa shape index (κ1) is 21.4. The van der Waals surface area contributed by atoms with Gasteiger partial charge in [-0.2, -0.15) is 10.1 Å². The van der Waals surface area contributed by atoms with E-state index in [2.05, 4.69) is 15.7 Å². The molecule has 0 radical (unpaired) electrons. The van der Waals surface area contributed by atoms with Gasteiger partial charge in [-0.25, -0.2) is 4.98 Å². The number of anilines is 3. The molecule has 0 atom stereocenters. The Hall–Kier alpha value is -3.44. The third kappa shape index (κ3) is 4.41. The van der Waals surface area contributed by atoms with Gasteiger partial charge in [-0.15, -0.1) is 11.3 Å². The summed E-state index contributed by atoms with van der Waals surface area (Å²) in [4.78, 5) is 24.0. The van der Waals surface area contributed by atoms with Gasteiger partial charge in [-0.05, 0) is 25.0 Å². The Bertz CT molecular complexity index is 1280. The van der Waals surface area contributed by atoms with Crippen molar-refractivity contribution in [2.75, 3.05) is 37.9 Å². The van der Waals surface area contributed by atoms with Gasteiger partial charge < -0.3 is 24.8 Å². The number of rotatable bonds is 6. The molecule has 1 fully saturated rings. The molecule has 0 spiro atoms. The Balaban J connectivity index is 1.51. The van der Waals surface area contributed by atoms with E-state index in [0.717, 1.165) is 54.3 Å². The maximum absolute atomic E-state index is 12.2. The first-order valence-electron chi connectivity index (χ1n) is 10.8. The molecule has 1 amide bonds. The molecule has 1 saturated heterocycles. The monoisotopic (exact) mass is 466 g/mol. The molecule has 5 rings (SSSR count). The lowest BCUT2D eigenvalue weighted by Crippen LogP contribution is -2.28. The van der Waals surface area contributed by atoms with Crippen LogP contribution in [-0.2, 0) is 11.8 Å². The Morgan fingerprint density at radius 1 is 1.27 bits per heavy atom. The van der Waals surface area contributed by atoms with Gasteiger partial charge in [0, 0.05) is 58.2 Å². The normalized spacial score (nSPS) is 14.5. The van der Waals surface area contributed by atoms with Gasteiger partial charge in [-0.3, -0.25) is 9.48 Å². The molecule has 33 heavy (non-hydrogen) atoms. The van der Waals surface area contributed by atoms with Crippen LogP contribution >= 0.6 is 11.3 Å². The minimum atomic E-state index is -0.0279. The minimum Gasteiger partial charge on any atom is -0.381 e.